The lowest BCUT2D eigenvalue weighted by atomic mass is 9.80. The number of aromatic nitrogens is 4. The molecule has 0 aliphatic heterocycles. The molecule has 1 aliphatic carbocycles. The lowest BCUT2D eigenvalue weighted by Crippen LogP contribution is -2.16. The second-order valence-electron chi connectivity index (χ2n) is 18.2. The highest BCUT2D eigenvalue weighted by Crippen LogP contribution is 2.37. The van der Waals surface area contributed by atoms with Crippen molar-refractivity contribution >= 4 is 34.4 Å². The molecule has 0 atom stereocenters. The van der Waals surface area contributed by atoms with Gasteiger partial charge in [0.05, 0.1) is 66.0 Å². The maximum absolute atomic E-state index is 13.9. The average Bonchev–Trinajstić information content (AvgIpc) is 3.94. The Hall–Kier alpha value is -7.96. The van der Waals surface area contributed by atoms with Crippen molar-refractivity contribution in [3.63, 3.8) is 0 Å². The van der Waals surface area contributed by atoms with Crippen LogP contribution < -0.4 is 20.1 Å². The molecule has 386 valence electrons. The van der Waals surface area contributed by atoms with Gasteiger partial charge in [-0.3, -0.25) is 13.6 Å². The first-order valence-electron chi connectivity index (χ1n) is 23.6. The molecule has 0 spiro atoms. The Balaban J connectivity index is 0.000000198. The van der Waals surface area contributed by atoms with Gasteiger partial charge in [-0.05, 0) is 86.2 Å². The zero-order valence-corrected chi connectivity index (χ0v) is 40.5. The SMILES string of the molecule is Cc1ccc(F)cc1Oc1cc(NCCC(F)(F)F)c2ncc(-c3ccc(C(=O)CC4CCC4)c(C)c3)n2c1.Cc1ccc(F)cc1Oc1cc(NCCC(F)(F)F)c2ncc(-c3ccc(C(=O)O)c(C)c3)n2c1. The van der Waals surface area contributed by atoms with E-state index >= 15 is 0 Å². The normalized spacial score (nSPS) is 12.8. The quantitative estimate of drug-likeness (QED) is 0.0639. The highest BCUT2D eigenvalue weighted by molar-refractivity contribution is 5.98. The van der Waals surface area contributed by atoms with Gasteiger partial charge in [-0.2, -0.15) is 26.3 Å². The smallest absolute Gasteiger partial charge is 0.390 e. The fraction of sp³-hybridized carbons (Fsp3) is 0.273. The van der Waals surface area contributed by atoms with E-state index in [1.165, 1.54) is 49.0 Å². The second kappa shape index (κ2) is 21.6. The van der Waals surface area contributed by atoms with Gasteiger partial charge in [0.15, 0.2) is 17.1 Å². The number of ketones is 1. The van der Waals surface area contributed by atoms with Crippen molar-refractivity contribution in [1.29, 1.82) is 0 Å². The van der Waals surface area contributed by atoms with Gasteiger partial charge in [-0.15, -0.1) is 0 Å². The molecule has 3 N–H and O–H groups in total. The molecule has 9 rings (SSSR count). The summed E-state index contributed by atoms with van der Waals surface area (Å²) in [5.74, 6) is -0.301. The number of hydrogen-bond donors (Lipinski definition) is 3. The molecule has 4 heterocycles. The van der Waals surface area contributed by atoms with Gasteiger partial charge in [-0.1, -0.05) is 49.6 Å². The van der Waals surface area contributed by atoms with Crippen LogP contribution in [-0.2, 0) is 0 Å². The van der Waals surface area contributed by atoms with Gasteiger partial charge in [0.1, 0.15) is 34.6 Å². The first kappa shape index (κ1) is 52.4. The van der Waals surface area contributed by atoms with E-state index in [1.807, 2.05) is 25.1 Å². The van der Waals surface area contributed by atoms with Crippen molar-refractivity contribution in [2.75, 3.05) is 23.7 Å². The first-order chi connectivity index (χ1) is 35.1. The van der Waals surface area contributed by atoms with Crippen molar-refractivity contribution < 1.29 is 59.3 Å². The van der Waals surface area contributed by atoms with Gasteiger partial charge in [0, 0.05) is 60.5 Å². The largest absolute Gasteiger partial charge is 0.478 e. The number of ether oxygens (including phenoxy) is 2. The first-order valence-corrected chi connectivity index (χ1v) is 23.6. The third-order valence-corrected chi connectivity index (χ3v) is 12.6. The average molecular weight is 1030 g/mol. The Morgan fingerprint density at radius 1 is 0.622 bits per heavy atom. The van der Waals surface area contributed by atoms with E-state index in [1.54, 1.807) is 78.5 Å². The zero-order chi connectivity index (χ0) is 53.1. The summed E-state index contributed by atoms with van der Waals surface area (Å²) in [5, 5.41) is 14.9. The Bertz CT molecular complexity index is 3380. The van der Waals surface area contributed by atoms with Crippen LogP contribution in [0.1, 0.15) is 81.5 Å². The third kappa shape index (κ3) is 12.6. The molecule has 4 aromatic heterocycles. The Morgan fingerprint density at radius 2 is 1.07 bits per heavy atom. The number of Topliss-reactive ketones (excluding diaryl/α,β-unsaturated/α-hetero) is 1. The van der Waals surface area contributed by atoms with Crippen molar-refractivity contribution in [1.82, 2.24) is 18.8 Å². The van der Waals surface area contributed by atoms with Crippen LogP contribution in [0.2, 0.25) is 0 Å². The molecule has 11 nitrogen and oxygen atoms in total. The van der Waals surface area contributed by atoms with E-state index in [-0.39, 0.29) is 35.9 Å². The maximum Gasteiger partial charge on any atom is 0.390 e. The molecule has 74 heavy (non-hydrogen) atoms. The highest BCUT2D eigenvalue weighted by Gasteiger charge is 2.28. The molecule has 1 aliphatic rings. The number of aryl methyl sites for hydroxylation is 4. The number of benzene rings is 4. The van der Waals surface area contributed by atoms with Crippen molar-refractivity contribution in [3.8, 4) is 45.5 Å². The molecule has 0 radical (unpaired) electrons. The van der Waals surface area contributed by atoms with Crippen LogP contribution in [0.4, 0.5) is 46.5 Å². The Labute approximate surface area is 419 Å². The maximum atomic E-state index is 13.9. The molecule has 19 heteroatoms. The number of nitrogens with one attached hydrogen (secondary N) is 2. The van der Waals surface area contributed by atoms with E-state index in [0.29, 0.717) is 85.7 Å². The van der Waals surface area contributed by atoms with Crippen molar-refractivity contribution in [2.45, 2.75) is 78.6 Å². The minimum absolute atomic E-state index is 0.138. The topological polar surface area (TPSA) is 131 Å². The summed E-state index contributed by atoms with van der Waals surface area (Å²) >= 11 is 0. The van der Waals surface area contributed by atoms with E-state index in [4.69, 9.17) is 9.47 Å². The summed E-state index contributed by atoms with van der Waals surface area (Å²) < 4.78 is 119. The van der Waals surface area contributed by atoms with Crippen LogP contribution in [-0.4, -0.2) is 61.1 Å². The van der Waals surface area contributed by atoms with Crippen LogP contribution in [0.25, 0.3) is 33.8 Å². The molecule has 0 amide bonds. The predicted molar refractivity (Wildman–Crippen MR) is 265 cm³/mol. The van der Waals surface area contributed by atoms with Crippen molar-refractivity contribution in [2.24, 2.45) is 5.92 Å². The third-order valence-electron chi connectivity index (χ3n) is 12.6. The number of hydrogen-bond acceptors (Lipinski definition) is 8. The fourth-order valence-corrected chi connectivity index (χ4v) is 8.49. The number of nitrogens with zero attached hydrogens (tertiary/aromatic N) is 4. The van der Waals surface area contributed by atoms with Crippen LogP contribution >= 0.6 is 0 Å². The monoisotopic (exact) mass is 1030 g/mol. The number of rotatable bonds is 16. The number of anilines is 2. The number of alkyl halides is 6. The summed E-state index contributed by atoms with van der Waals surface area (Å²) in [5.41, 5.74) is 7.70. The number of fused-ring (bicyclic) bond motifs is 2. The van der Waals surface area contributed by atoms with Gasteiger partial charge in [-0.25, -0.2) is 23.5 Å². The van der Waals surface area contributed by atoms with Gasteiger partial charge < -0.3 is 25.2 Å². The minimum atomic E-state index is -4.33. The van der Waals surface area contributed by atoms with Crippen LogP contribution in [0.3, 0.4) is 0 Å². The fourth-order valence-electron chi connectivity index (χ4n) is 8.49. The molecular formula is C55H50F8N6O5. The summed E-state index contributed by atoms with van der Waals surface area (Å²) in [6, 6.07) is 21.7. The van der Waals surface area contributed by atoms with Gasteiger partial charge in [0.2, 0.25) is 0 Å². The molecule has 4 aromatic carbocycles. The molecule has 1 fully saturated rings. The summed E-state index contributed by atoms with van der Waals surface area (Å²) in [7, 11) is 0. The number of halogens is 8. The number of carboxylic acids is 1. The molecule has 0 unspecified atom stereocenters. The molecule has 0 saturated heterocycles. The van der Waals surface area contributed by atoms with Crippen LogP contribution in [0.15, 0.2) is 110 Å². The van der Waals surface area contributed by atoms with E-state index in [9.17, 15) is 49.8 Å². The van der Waals surface area contributed by atoms with E-state index < -0.39 is 42.8 Å². The molecule has 8 aromatic rings. The van der Waals surface area contributed by atoms with Crippen LogP contribution in [0, 0.1) is 45.2 Å². The summed E-state index contributed by atoms with van der Waals surface area (Å²) in [6.45, 7) is 6.35. The lowest BCUT2D eigenvalue weighted by Gasteiger charge is -2.24. The summed E-state index contributed by atoms with van der Waals surface area (Å²) in [4.78, 5) is 33.0. The molecule has 0 bridgehead atoms. The van der Waals surface area contributed by atoms with E-state index in [2.05, 4.69) is 20.6 Å². The van der Waals surface area contributed by atoms with Gasteiger partial charge in [0.25, 0.3) is 0 Å². The minimum Gasteiger partial charge on any atom is -0.478 e. The van der Waals surface area contributed by atoms with E-state index in [0.717, 1.165) is 24.0 Å². The number of carbonyl (C=O) groups excluding carboxylic acids is 1. The number of pyridine rings is 2. The number of carboxylic acid groups (broad SMARTS) is 1. The Kier molecular flexibility index (Phi) is 15.3. The predicted octanol–water partition coefficient (Wildman–Crippen LogP) is 14.9. The highest BCUT2D eigenvalue weighted by atomic mass is 19.4. The summed E-state index contributed by atoms with van der Waals surface area (Å²) in [6.07, 6.45) is -0.334. The zero-order valence-electron chi connectivity index (χ0n) is 40.5. The lowest BCUT2D eigenvalue weighted by molar-refractivity contribution is -0.132. The number of imidazole rings is 2. The Morgan fingerprint density at radius 3 is 1.46 bits per heavy atom. The van der Waals surface area contributed by atoms with Crippen LogP contribution in [0.5, 0.6) is 23.0 Å². The molecule has 1 saturated carbocycles. The number of carbonyl (C=O) groups is 2. The molecular weight excluding hydrogens is 977 g/mol. The second-order valence-corrected chi connectivity index (χ2v) is 18.2. The standard InChI is InChI=1S/C30H29F4N3O2.C25H21F4N3O3/c1-18-6-8-22(31)14-28(18)39-23-15-25(35-11-10-30(32,33)34)29-36-16-26(37(29)17-23)21-7-9-24(19(2)12-21)27(38)13-20-4-3-5-20;1-14-3-5-17(26)10-22(14)35-18-11-20(30-8-7-25(27,28)29)23-31-12-21(32(23)13-18)16-4-6-19(24(33)34)15(2)9-16/h6-9,12,14-17,20,35H,3-5,10-11,13H2,1-2H3;3-6,9-13,30H,7-8H2,1-2H3,(H,33,34). The van der Waals surface area contributed by atoms with Gasteiger partial charge >= 0.3 is 18.3 Å². The van der Waals surface area contributed by atoms with Crippen molar-refractivity contribution in [3.05, 3.63) is 155 Å². The number of aromatic carboxylic acids is 1.